The van der Waals surface area contributed by atoms with E-state index < -0.39 is 11.9 Å². The van der Waals surface area contributed by atoms with Gasteiger partial charge in [-0.2, -0.15) is 0 Å². The molecule has 0 unspecified atom stereocenters. The zero-order chi connectivity index (χ0) is 21.3. The van der Waals surface area contributed by atoms with E-state index >= 15 is 0 Å². The second-order valence-corrected chi connectivity index (χ2v) is 6.38. The maximum absolute atomic E-state index is 12.5. The Morgan fingerprint density at radius 3 is 1.63 bits per heavy atom. The topological polar surface area (TPSA) is 70.2 Å². The van der Waals surface area contributed by atoms with Crippen LogP contribution in [0.4, 0.5) is 0 Å². The Kier molecular flexibility index (Phi) is 6.94. The van der Waals surface area contributed by atoms with Crippen LogP contribution >= 0.6 is 0 Å². The number of rotatable bonds is 10. The molecule has 0 radical (unpaired) electrons. The van der Waals surface area contributed by atoms with E-state index in [2.05, 4.69) is 13.2 Å². The highest BCUT2D eigenvalue weighted by molar-refractivity contribution is 6.03. The molecule has 30 heavy (non-hydrogen) atoms. The molecule has 8 nitrogen and oxygen atoms in total. The zero-order valence-electron chi connectivity index (χ0n) is 16.6. The molecule has 0 saturated heterocycles. The van der Waals surface area contributed by atoms with E-state index in [9.17, 15) is 9.59 Å². The molecular formula is C22H24N4O4+2. The molecule has 0 aliphatic heterocycles. The van der Waals surface area contributed by atoms with Crippen molar-refractivity contribution in [2.75, 3.05) is 13.2 Å². The highest BCUT2D eigenvalue weighted by atomic mass is 16.5. The maximum Gasteiger partial charge on any atom is 0.339 e. The van der Waals surface area contributed by atoms with E-state index in [1.807, 2.05) is 46.6 Å². The van der Waals surface area contributed by atoms with Gasteiger partial charge in [0.25, 0.3) is 0 Å². The number of nitrogens with zero attached hydrogens (tertiary/aromatic N) is 4. The van der Waals surface area contributed by atoms with E-state index in [0.29, 0.717) is 13.1 Å². The molecule has 0 bridgehead atoms. The summed E-state index contributed by atoms with van der Waals surface area (Å²) in [5.41, 5.74) is 0.364. The summed E-state index contributed by atoms with van der Waals surface area (Å²) in [6.07, 6.45) is 14.4. The van der Waals surface area contributed by atoms with Crippen molar-refractivity contribution in [2.24, 2.45) is 0 Å². The van der Waals surface area contributed by atoms with E-state index in [4.69, 9.17) is 9.47 Å². The first-order chi connectivity index (χ1) is 14.6. The lowest BCUT2D eigenvalue weighted by Gasteiger charge is -2.09. The normalized spacial score (nSPS) is 10.4. The molecule has 0 aliphatic carbocycles. The van der Waals surface area contributed by atoms with E-state index in [1.165, 1.54) is 0 Å². The van der Waals surface area contributed by atoms with Crippen LogP contribution in [0.3, 0.4) is 0 Å². The van der Waals surface area contributed by atoms with Crippen molar-refractivity contribution < 1.29 is 28.2 Å². The SMILES string of the molecule is C=Cn1cc[n+](CCOC(=O)c2ccccc2C(=O)OCC[n+]2ccn(C=C)c2)c1. The molecule has 0 N–H and O–H groups in total. The van der Waals surface area contributed by atoms with E-state index in [1.54, 1.807) is 45.8 Å². The first-order valence-corrected chi connectivity index (χ1v) is 9.42. The summed E-state index contributed by atoms with van der Waals surface area (Å²) in [6.45, 7) is 8.67. The van der Waals surface area contributed by atoms with Crippen LogP contribution in [0.2, 0.25) is 0 Å². The number of esters is 2. The molecule has 8 heteroatoms. The van der Waals surface area contributed by atoms with Crippen LogP contribution in [-0.2, 0) is 22.6 Å². The summed E-state index contributed by atoms with van der Waals surface area (Å²) >= 11 is 0. The zero-order valence-corrected chi connectivity index (χ0v) is 16.6. The number of benzene rings is 1. The molecule has 154 valence electrons. The summed E-state index contributed by atoms with van der Waals surface area (Å²) < 4.78 is 18.0. The Morgan fingerprint density at radius 2 is 1.27 bits per heavy atom. The van der Waals surface area contributed by atoms with Crippen LogP contribution in [0.25, 0.3) is 12.4 Å². The number of aromatic nitrogens is 4. The number of hydrogen-bond donors (Lipinski definition) is 0. The molecule has 0 aliphatic rings. The molecule has 3 rings (SSSR count). The molecule has 0 saturated carbocycles. The van der Waals surface area contributed by atoms with Gasteiger partial charge in [-0.1, -0.05) is 25.3 Å². The Hall–Kier alpha value is -3.94. The third-order valence-corrected chi connectivity index (χ3v) is 4.38. The average Bonchev–Trinajstić information content (AvgIpc) is 3.42. The first-order valence-electron chi connectivity index (χ1n) is 9.42. The number of hydrogen-bond acceptors (Lipinski definition) is 4. The lowest BCUT2D eigenvalue weighted by molar-refractivity contribution is -0.697. The first kappa shape index (κ1) is 20.8. The van der Waals surface area contributed by atoms with Gasteiger partial charge in [0.2, 0.25) is 12.7 Å². The third-order valence-electron chi connectivity index (χ3n) is 4.38. The van der Waals surface area contributed by atoms with Gasteiger partial charge >= 0.3 is 11.9 Å². The minimum absolute atomic E-state index is 0.172. The van der Waals surface area contributed by atoms with Crippen molar-refractivity contribution in [3.8, 4) is 0 Å². The fourth-order valence-corrected chi connectivity index (χ4v) is 2.78. The Labute approximate surface area is 174 Å². The molecule has 1 aromatic carbocycles. The second kappa shape index (κ2) is 10.0. The van der Waals surface area contributed by atoms with Crippen molar-refractivity contribution in [1.29, 1.82) is 0 Å². The second-order valence-electron chi connectivity index (χ2n) is 6.38. The molecule has 0 amide bonds. The highest BCUT2D eigenvalue weighted by Gasteiger charge is 2.19. The molecule has 0 spiro atoms. The van der Waals surface area contributed by atoms with Crippen LogP contribution in [0, 0.1) is 0 Å². The minimum atomic E-state index is -0.566. The Morgan fingerprint density at radius 1 is 0.833 bits per heavy atom. The van der Waals surface area contributed by atoms with E-state index in [-0.39, 0.29) is 24.3 Å². The number of carbonyl (C=O) groups is 2. The van der Waals surface area contributed by atoms with Crippen molar-refractivity contribution >= 4 is 24.3 Å². The van der Waals surface area contributed by atoms with Crippen molar-refractivity contribution in [3.63, 3.8) is 0 Å². The summed E-state index contributed by atoms with van der Waals surface area (Å²) in [5, 5.41) is 0. The van der Waals surface area contributed by atoms with Crippen LogP contribution in [0.1, 0.15) is 20.7 Å². The van der Waals surface area contributed by atoms with Gasteiger partial charge in [0.05, 0.1) is 23.5 Å². The Bertz CT molecular complexity index is 968. The fraction of sp³-hybridized carbons (Fsp3) is 0.182. The highest BCUT2D eigenvalue weighted by Crippen LogP contribution is 2.12. The molecule has 2 heterocycles. The Balaban J connectivity index is 1.54. The van der Waals surface area contributed by atoms with Gasteiger partial charge in [-0.25, -0.2) is 27.9 Å². The smallest absolute Gasteiger partial charge is 0.339 e. The van der Waals surface area contributed by atoms with Crippen LogP contribution < -0.4 is 9.13 Å². The predicted octanol–water partition coefficient (Wildman–Crippen LogP) is 1.78. The predicted molar refractivity (Wildman–Crippen MR) is 109 cm³/mol. The van der Waals surface area contributed by atoms with Gasteiger partial charge in [-0.05, 0) is 12.1 Å². The van der Waals surface area contributed by atoms with Crippen LogP contribution in [-0.4, -0.2) is 34.3 Å². The number of ether oxygens (including phenoxy) is 2. The molecular weight excluding hydrogens is 384 g/mol. The maximum atomic E-state index is 12.5. The van der Waals surface area contributed by atoms with Gasteiger partial charge in [-0.3, -0.25) is 0 Å². The third kappa shape index (κ3) is 5.32. The lowest BCUT2D eigenvalue weighted by atomic mass is 10.1. The monoisotopic (exact) mass is 408 g/mol. The molecule has 2 aromatic heterocycles. The largest absolute Gasteiger partial charge is 0.458 e. The van der Waals surface area contributed by atoms with Crippen molar-refractivity contribution in [1.82, 2.24) is 9.13 Å². The molecule has 0 atom stereocenters. The summed E-state index contributed by atoms with van der Waals surface area (Å²) in [6, 6.07) is 6.47. The van der Waals surface area contributed by atoms with Crippen LogP contribution in [0.5, 0.6) is 0 Å². The summed E-state index contributed by atoms with van der Waals surface area (Å²) in [4.78, 5) is 25.0. The van der Waals surface area contributed by atoms with E-state index in [0.717, 1.165) is 0 Å². The van der Waals surface area contributed by atoms with Crippen LogP contribution in [0.15, 0.2) is 74.9 Å². The van der Waals surface area contributed by atoms with Gasteiger partial charge < -0.3 is 9.47 Å². The summed E-state index contributed by atoms with van der Waals surface area (Å²) in [5.74, 6) is -1.13. The number of imidazole rings is 2. The van der Waals surface area contributed by atoms with Gasteiger partial charge in [0.15, 0.2) is 0 Å². The van der Waals surface area contributed by atoms with Gasteiger partial charge in [0, 0.05) is 0 Å². The number of carbonyl (C=O) groups excluding carboxylic acids is 2. The molecule has 3 aromatic rings. The van der Waals surface area contributed by atoms with Crippen molar-refractivity contribution in [3.05, 3.63) is 86.0 Å². The fourth-order valence-electron chi connectivity index (χ4n) is 2.78. The van der Waals surface area contributed by atoms with Crippen molar-refractivity contribution in [2.45, 2.75) is 13.1 Å². The minimum Gasteiger partial charge on any atom is -0.458 e. The van der Waals surface area contributed by atoms with Gasteiger partial charge in [-0.15, -0.1) is 0 Å². The average molecular weight is 408 g/mol. The lowest BCUT2D eigenvalue weighted by Crippen LogP contribution is -2.34. The standard InChI is InChI=1S/C22H24N4O4/c1-3-23-9-11-25(17-23)13-15-29-21(27)19-7-5-6-8-20(19)22(28)30-16-14-26-12-10-24(4-2)18-26/h3-12,17-18H,1-2,13-16H2/q+2. The summed E-state index contributed by atoms with van der Waals surface area (Å²) in [7, 11) is 0. The quantitative estimate of drug-likeness (QED) is 0.379. The van der Waals surface area contributed by atoms with Gasteiger partial charge in [0.1, 0.15) is 51.1 Å². The molecule has 0 fully saturated rings.